The van der Waals surface area contributed by atoms with E-state index in [1.165, 1.54) is 12.1 Å². The summed E-state index contributed by atoms with van der Waals surface area (Å²) in [5, 5.41) is 4.10. The van der Waals surface area contributed by atoms with Crippen molar-refractivity contribution in [1.29, 1.82) is 0 Å². The lowest BCUT2D eigenvalue weighted by Gasteiger charge is -2.33. The molecule has 1 aromatic heterocycles. The molecule has 3 aromatic rings. The lowest BCUT2D eigenvalue weighted by Crippen LogP contribution is -2.47. The average molecular weight is 557 g/mol. The highest BCUT2D eigenvalue weighted by molar-refractivity contribution is 5.99. The molecule has 0 spiro atoms. The summed E-state index contributed by atoms with van der Waals surface area (Å²) in [4.78, 5) is 32.8. The topological polar surface area (TPSA) is 77.7 Å². The summed E-state index contributed by atoms with van der Waals surface area (Å²) < 4.78 is 44.2. The predicted octanol–water partition coefficient (Wildman–Crippen LogP) is 5.87. The molecular formula is C30H35F3N4O3. The van der Waals surface area contributed by atoms with Crippen LogP contribution >= 0.6 is 0 Å². The summed E-state index contributed by atoms with van der Waals surface area (Å²) in [7, 11) is 0. The molecule has 0 bridgehead atoms. The van der Waals surface area contributed by atoms with Crippen LogP contribution in [0, 0.1) is 0 Å². The van der Waals surface area contributed by atoms with Crippen molar-refractivity contribution in [2.45, 2.75) is 70.9 Å². The number of H-pyrrole nitrogens is 1. The molecule has 0 unspecified atom stereocenters. The van der Waals surface area contributed by atoms with Gasteiger partial charge in [0.15, 0.2) is 0 Å². The van der Waals surface area contributed by atoms with Crippen LogP contribution in [-0.2, 0) is 30.4 Å². The zero-order valence-corrected chi connectivity index (χ0v) is 23.0. The molecule has 10 heteroatoms. The van der Waals surface area contributed by atoms with Crippen molar-refractivity contribution in [2.24, 2.45) is 0 Å². The standard InChI is InChI=1S/C30H35F3N4O3/c1-29(2,3)40-28(39)37-14-10-22(11-15-37)34-27(38)20-6-9-25-23(16-20)24-18-36(13-12-26(24)35-25)17-19-4-7-21(8-5-19)30(31,32)33/h4-9,16,22,35H,10-15,17-18H2,1-3H3,(H,34,38). The number of rotatable bonds is 4. The quantitative estimate of drug-likeness (QED) is 0.421. The number of likely N-dealkylation sites (tertiary alicyclic amines) is 1. The number of carbonyl (C=O) groups is 2. The summed E-state index contributed by atoms with van der Waals surface area (Å²) in [5.41, 5.74) is 3.42. The number of ether oxygens (including phenoxy) is 1. The third kappa shape index (κ3) is 6.43. The Balaban J connectivity index is 1.22. The molecule has 2 aliphatic rings. The van der Waals surface area contributed by atoms with Gasteiger partial charge in [-0.3, -0.25) is 9.69 Å². The summed E-state index contributed by atoms with van der Waals surface area (Å²) in [6.07, 6.45) is -2.56. The Labute approximate surface area is 231 Å². The zero-order chi connectivity index (χ0) is 28.7. The fraction of sp³-hybridized carbons (Fsp3) is 0.467. The first-order valence-electron chi connectivity index (χ1n) is 13.7. The number of halogens is 3. The van der Waals surface area contributed by atoms with Crippen LogP contribution in [0.2, 0.25) is 0 Å². The van der Waals surface area contributed by atoms with Gasteiger partial charge in [-0.2, -0.15) is 13.2 Å². The number of piperidine rings is 1. The monoisotopic (exact) mass is 556 g/mol. The van der Waals surface area contributed by atoms with E-state index in [-0.39, 0.29) is 18.0 Å². The van der Waals surface area contributed by atoms with Gasteiger partial charge in [0, 0.05) is 67.3 Å². The van der Waals surface area contributed by atoms with Gasteiger partial charge in [0.2, 0.25) is 0 Å². The molecule has 214 valence electrons. The number of alkyl halides is 3. The maximum atomic E-state index is 13.1. The van der Waals surface area contributed by atoms with Gasteiger partial charge in [0.1, 0.15) is 5.60 Å². The Morgan fingerprint density at radius 3 is 2.38 bits per heavy atom. The molecule has 0 aliphatic carbocycles. The number of hydrogen-bond donors (Lipinski definition) is 2. The molecule has 5 rings (SSSR count). The second-order valence-corrected chi connectivity index (χ2v) is 11.7. The predicted molar refractivity (Wildman–Crippen MR) is 146 cm³/mol. The van der Waals surface area contributed by atoms with E-state index in [0.717, 1.165) is 52.8 Å². The van der Waals surface area contributed by atoms with Crippen molar-refractivity contribution in [1.82, 2.24) is 20.1 Å². The summed E-state index contributed by atoms with van der Waals surface area (Å²) in [5.74, 6) is -0.148. The first-order chi connectivity index (χ1) is 18.9. The van der Waals surface area contributed by atoms with Crippen LogP contribution in [0.15, 0.2) is 42.5 Å². The number of aromatic amines is 1. The minimum absolute atomic E-state index is 0.0266. The molecule has 0 radical (unpaired) electrons. The lowest BCUT2D eigenvalue weighted by molar-refractivity contribution is -0.137. The van der Waals surface area contributed by atoms with Gasteiger partial charge in [-0.05, 0) is 75.1 Å². The van der Waals surface area contributed by atoms with Gasteiger partial charge in [0.05, 0.1) is 5.56 Å². The van der Waals surface area contributed by atoms with Crippen LogP contribution in [0.1, 0.15) is 66.4 Å². The number of fused-ring (bicyclic) bond motifs is 3. The molecule has 2 aliphatic heterocycles. The van der Waals surface area contributed by atoms with Gasteiger partial charge < -0.3 is 19.9 Å². The number of aromatic nitrogens is 1. The van der Waals surface area contributed by atoms with Crippen molar-refractivity contribution in [2.75, 3.05) is 19.6 Å². The van der Waals surface area contributed by atoms with E-state index in [1.54, 1.807) is 4.90 Å². The molecule has 3 heterocycles. The molecule has 2 aromatic carbocycles. The fourth-order valence-corrected chi connectivity index (χ4v) is 5.41. The Morgan fingerprint density at radius 2 is 1.73 bits per heavy atom. The summed E-state index contributed by atoms with van der Waals surface area (Å²) in [6, 6.07) is 11.0. The Bertz CT molecular complexity index is 1380. The third-order valence-electron chi connectivity index (χ3n) is 7.49. The lowest BCUT2D eigenvalue weighted by atomic mass is 10.0. The molecule has 0 atom stereocenters. The largest absolute Gasteiger partial charge is 0.444 e. The number of nitrogens with zero attached hydrogens (tertiary/aromatic N) is 2. The van der Waals surface area contributed by atoms with Gasteiger partial charge in [-0.1, -0.05) is 12.1 Å². The molecular weight excluding hydrogens is 521 g/mol. The van der Waals surface area contributed by atoms with Crippen LogP contribution < -0.4 is 5.32 Å². The van der Waals surface area contributed by atoms with Crippen LogP contribution in [0.4, 0.5) is 18.0 Å². The normalized spacial score (nSPS) is 17.1. The van der Waals surface area contributed by atoms with Crippen molar-refractivity contribution >= 4 is 22.9 Å². The molecule has 0 saturated carbocycles. The van der Waals surface area contributed by atoms with Gasteiger partial charge in [-0.25, -0.2) is 4.79 Å². The molecule has 1 saturated heterocycles. The molecule has 2 amide bonds. The smallest absolute Gasteiger partial charge is 0.416 e. The van der Waals surface area contributed by atoms with Crippen molar-refractivity contribution < 1.29 is 27.5 Å². The van der Waals surface area contributed by atoms with E-state index in [4.69, 9.17) is 4.74 Å². The van der Waals surface area contributed by atoms with Crippen molar-refractivity contribution in [3.63, 3.8) is 0 Å². The van der Waals surface area contributed by atoms with Crippen molar-refractivity contribution in [3.8, 4) is 0 Å². The van der Waals surface area contributed by atoms with Crippen molar-refractivity contribution in [3.05, 3.63) is 70.4 Å². The van der Waals surface area contributed by atoms with E-state index in [2.05, 4.69) is 15.2 Å². The average Bonchev–Trinajstić information content (AvgIpc) is 3.25. The second-order valence-electron chi connectivity index (χ2n) is 11.7. The number of nitrogens with one attached hydrogen (secondary N) is 2. The minimum Gasteiger partial charge on any atom is -0.444 e. The first-order valence-corrected chi connectivity index (χ1v) is 13.7. The SMILES string of the molecule is CC(C)(C)OC(=O)N1CCC(NC(=O)c2ccc3[nH]c4c(c3c2)CN(Cc2ccc(C(F)(F)F)cc2)CC4)CC1. The number of carbonyl (C=O) groups excluding carboxylic acids is 2. The van der Waals surface area contributed by atoms with Crippen LogP contribution in [0.3, 0.4) is 0 Å². The third-order valence-corrected chi connectivity index (χ3v) is 7.49. The van der Waals surface area contributed by atoms with Gasteiger partial charge >= 0.3 is 12.3 Å². The highest BCUT2D eigenvalue weighted by Crippen LogP contribution is 2.31. The number of hydrogen-bond acceptors (Lipinski definition) is 4. The Morgan fingerprint density at radius 1 is 1.02 bits per heavy atom. The molecule has 1 fully saturated rings. The molecule has 7 nitrogen and oxygen atoms in total. The summed E-state index contributed by atoms with van der Waals surface area (Å²) >= 11 is 0. The second kappa shape index (κ2) is 10.8. The summed E-state index contributed by atoms with van der Waals surface area (Å²) in [6.45, 7) is 8.55. The highest BCUT2D eigenvalue weighted by Gasteiger charge is 2.30. The van der Waals surface area contributed by atoms with Gasteiger partial charge in [0.25, 0.3) is 5.91 Å². The van der Waals surface area contributed by atoms with E-state index in [9.17, 15) is 22.8 Å². The Kier molecular flexibility index (Phi) is 7.56. The minimum atomic E-state index is -4.34. The van der Waals surface area contributed by atoms with Crippen LogP contribution in [0.5, 0.6) is 0 Å². The highest BCUT2D eigenvalue weighted by atomic mass is 19.4. The van der Waals surface area contributed by atoms with Crippen LogP contribution in [0.25, 0.3) is 10.9 Å². The fourth-order valence-electron chi connectivity index (χ4n) is 5.41. The van der Waals surface area contributed by atoms with E-state index < -0.39 is 17.3 Å². The first kappa shape index (κ1) is 28.0. The zero-order valence-electron chi connectivity index (χ0n) is 23.0. The number of benzene rings is 2. The molecule has 2 N–H and O–H groups in total. The van der Waals surface area contributed by atoms with E-state index >= 15 is 0 Å². The van der Waals surface area contributed by atoms with E-state index in [1.807, 2.05) is 39.0 Å². The number of amides is 2. The maximum Gasteiger partial charge on any atom is 0.416 e. The van der Waals surface area contributed by atoms with Crippen LogP contribution in [-0.4, -0.2) is 58.1 Å². The molecule has 40 heavy (non-hydrogen) atoms. The maximum absolute atomic E-state index is 13.1. The van der Waals surface area contributed by atoms with Gasteiger partial charge in [-0.15, -0.1) is 0 Å². The Hall–Kier alpha value is -3.53. The van der Waals surface area contributed by atoms with E-state index in [0.29, 0.717) is 44.6 Å².